The van der Waals surface area contributed by atoms with Gasteiger partial charge in [-0.3, -0.25) is 0 Å². The van der Waals surface area contributed by atoms with Crippen molar-refractivity contribution in [3.63, 3.8) is 0 Å². The first-order chi connectivity index (χ1) is 9.36. The van der Waals surface area contributed by atoms with Crippen LogP contribution in [0, 0.1) is 0 Å². The van der Waals surface area contributed by atoms with Gasteiger partial charge in [-0.15, -0.1) is 11.3 Å². The van der Waals surface area contributed by atoms with Gasteiger partial charge in [-0.05, 0) is 17.2 Å². The van der Waals surface area contributed by atoms with Crippen molar-refractivity contribution < 1.29 is 13.2 Å². The molecule has 0 atom stereocenters. The number of hydrogen-bond acceptors (Lipinski definition) is 3. The second-order valence-electron chi connectivity index (χ2n) is 4.76. The number of aromatic nitrogens is 1. The first kappa shape index (κ1) is 15.0. The first-order valence-corrected chi connectivity index (χ1v) is 7.03. The smallest absolute Gasteiger partial charge is 0.310 e. The molecule has 6 heteroatoms. The Morgan fingerprint density at radius 1 is 1.30 bits per heavy atom. The Balaban J connectivity index is 2.20. The maximum Gasteiger partial charge on any atom is 0.443 e. The molecule has 0 radical (unpaired) electrons. The Morgan fingerprint density at radius 2 is 2.05 bits per heavy atom. The highest BCUT2D eigenvalue weighted by molar-refractivity contribution is 7.15. The predicted octanol–water partition coefficient (Wildman–Crippen LogP) is 4.33. The second-order valence-corrected chi connectivity index (χ2v) is 5.79. The molecule has 1 N–H and O–H groups in total. The van der Waals surface area contributed by atoms with Crippen LogP contribution in [0.4, 0.5) is 13.2 Å². The maximum absolute atomic E-state index is 12.5. The number of alkyl halides is 3. The zero-order valence-corrected chi connectivity index (χ0v) is 12.0. The van der Waals surface area contributed by atoms with Crippen LogP contribution in [0.5, 0.6) is 0 Å². The molecular formula is C14H15F3N2S. The summed E-state index contributed by atoms with van der Waals surface area (Å²) in [5.74, 6) is 0. The molecule has 0 unspecified atom stereocenters. The van der Waals surface area contributed by atoms with Crippen LogP contribution in [0.25, 0.3) is 10.4 Å². The van der Waals surface area contributed by atoms with E-state index in [2.05, 4.69) is 10.3 Å². The summed E-state index contributed by atoms with van der Waals surface area (Å²) in [6.45, 7) is 4.78. The van der Waals surface area contributed by atoms with Gasteiger partial charge in [0.05, 0.1) is 4.88 Å². The fraction of sp³-hybridized carbons (Fsp3) is 0.357. The van der Waals surface area contributed by atoms with Crippen LogP contribution in [-0.4, -0.2) is 11.0 Å². The molecule has 1 heterocycles. The Labute approximate surface area is 119 Å². The van der Waals surface area contributed by atoms with Crippen molar-refractivity contribution in [3.8, 4) is 10.4 Å². The van der Waals surface area contributed by atoms with Gasteiger partial charge >= 0.3 is 6.18 Å². The topological polar surface area (TPSA) is 24.9 Å². The molecule has 0 aliphatic rings. The minimum atomic E-state index is -4.38. The molecule has 20 heavy (non-hydrogen) atoms. The minimum absolute atomic E-state index is 0.360. The summed E-state index contributed by atoms with van der Waals surface area (Å²) in [4.78, 5) is 3.98. The highest BCUT2D eigenvalue weighted by Gasteiger charge is 2.34. The van der Waals surface area contributed by atoms with E-state index in [1.165, 1.54) is 6.20 Å². The van der Waals surface area contributed by atoms with E-state index in [1.807, 2.05) is 32.0 Å². The summed E-state index contributed by atoms with van der Waals surface area (Å²) in [5, 5.41) is 2.47. The lowest BCUT2D eigenvalue weighted by atomic mass is 10.1. The van der Waals surface area contributed by atoms with E-state index in [-0.39, 0.29) is 0 Å². The lowest BCUT2D eigenvalue weighted by Gasteiger charge is -2.08. The molecule has 0 fully saturated rings. The molecular weight excluding hydrogens is 285 g/mol. The fourth-order valence-corrected chi connectivity index (χ4v) is 2.47. The van der Waals surface area contributed by atoms with Gasteiger partial charge in [-0.25, -0.2) is 4.98 Å². The minimum Gasteiger partial charge on any atom is -0.310 e. The number of halogens is 3. The molecule has 2 aromatic rings. The van der Waals surface area contributed by atoms with Gasteiger partial charge in [0.15, 0.2) is 5.01 Å². The standard InChI is InChI=1S/C14H15F3N2S/c1-9(2)18-7-10-4-3-5-11(6-10)12-8-19-13(20-12)14(15,16)17/h3-6,8-9,18H,7H2,1-2H3. The van der Waals surface area contributed by atoms with Gasteiger partial charge in [-0.1, -0.05) is 32.0 Å². The third-order valence-corrected chi connectivity index (χ3v) is 3.77. The predicted molar refractivity (Wildman–Crippen MR) is 74.5 cm³/mol. The van der Waals surface area contributed by atoms with Crippen LogP contribution in [0.15, 0.2) is 30.5 Å². The highest BCUT2D eigenvalue weighted by Crippen LogP contribution is 2.36. The average molecular weight is 300 g/mol. The third-order valence-electron chi connectivity index (χ3n) is 2.67. The van der Waals surface area contributed by atoms with E-state index in [0.29, 0.717) is 28.8 Å². The quantitative estimate of drug-likeness (QED) is 0.909. The van der Waals surface area contributed by atoms with Crippen molar-refractivity contribution in [2.45, 2.75) is 32.6 Å². The molecule has 0 bridgehead atoms. The SMILES string of the molecule is CC(C)NCc1cccc(-c2cnc(C(F)(F)F)s2)c1. The largest absolute Gasteiger partial charge is 0.443 e. The van der Waals surface area contributed by atoms with Crippen LogP contribution in [0.3, 0.4) is 0 Å². The number of nitrogens with zero attached hydrogens (tertiary/aromatic N) is 1. The molecule has 2 rings (SSSR count). The summed E-state index contributed by atoms with van der Waals surface area (Å²) in [5.41, 5.74) is 1.80. The van der Waals surface area contributed by atoms with Crippen LogP contribution in [0.2, 0.25) is 0 Å². The monoisotopic (exact) mass is 300 g/mol. The molecule has 2 nitrogen and oxygen atoms in total. The Kier molecular flexibility index (Phi) is 4.45. The zero-order valence-electron chi connectivity index (χ0n) is 11.2. The van der Waals surface area contributed by atoms with Crippen molar-refractivity contribution in [2.24, 2.45) is 0 Å². The van der Waals surface area contributed by atoms with Crippen molar-refractivity contribution in [1.82, 2.24) is 10.3 Å². The van der Waals surface area contributed by atoms with E-state index in [0.717, 1.165) is 11.1 Å². The van der Waals surface area contributed by atoms with E-state index >= 15 is 0 Å². The van der Waals surface area contributed by atoms with Crippen molar-refractivity contribution in [2.75, 3.05) is 0 Å². The molecule has 0 aliphatic heterocycles. The van der Waals surface area contributed by atoms with Crippen molar-refractivity contribution in [3.05, 3.63) is 41.0 Å². The van der Waals surface area contributed by atoms with Crippen molar-refractivity contribution in [1.29, 1.82) is 0 Å². The number of rotatable bonds is 4. The molecule has 0 spiro atoms. The van der Waals surface area contributed by atoms with Gasteiger partial charge in [0, 0.05) is 18.8 Å². The van der Waals surface area contributed by atoms with Gasteiger partial charge in [0.2, 0.25) is 0 Å². The highest BCUT2D eigenvalue weighted by atomic mass is 32.1. The van der Waals surface area contributed by atoms with E-state index < -0.39 is 11.2 Å². The summed E-state index contributed by atoms with van der Waals surface area (Å²) in [6, 6.07) is 7.85. The average Bonchev–Trinajstić information content (AvgIpc) is 2.86. The number of benzene rings is 1. The van der Waals surface area contributed by atoms with Gasteiger partial charge in [-0.2, -0.15) is 13.2 Å². The lowest BCUT2D eigenvalue weighted by Crippen LogP contribution is -2.21. The number of nitrogens with one attached hydrogen (secondary N) is 1. The van der Waals surface area contributed by atoms with Gasteiger partial charge in [0.25, 0.3) is 0 Å². The summed E-state index contributed by atoms with van der Waals surface area (Å²) in [6.07, 6.45) is -3.10. The molecule has 1 aromatic carbocycles. The Bertz CT molecular complexity index is 576. The maximum atomic E-state index is 12.5. The van der Waals surface area contributed by atoms with E-state index in [1.54, 1.807) is 6.07 Å². The molecule has 0 saturated heterocycles. The zero-order chi connectivity index (χ0) is 14.8. The van der Waals surface area contributed by atoms with Crippen LogP contribution in [0.1, 0.15) is 24.4 Å². The first-order valence-electron chi connectivity index (χ1n) is 6.22. The molecule has 1 aromatic heterocycles. The van der Waals surface area contributed by atoms with Gasteiger partial charge < -0.3 is 5.32 Å². The molecule has 0 saturated carbocycles. The summed E-state index contributed by atoms with van der Waals surface area (Å²) in [7, 11) is 0. The fourth-order valence-electron chi connectivity index (χ4n) is 1.70. The van der Waals surface area contributed by atoms with E-state index in [4.69, 9.17) is 0 Å². The molecule has 0 aliphatic carbocycles. The second kappa shape index (κ2) is 5.93. The number of thiazole rings is 1. The number of hydrogen-bond donors (Lipinski definition) is 1. The van der Waals surface area contributed by atoms with Crippen LogP contribution >= 0.6 is 11.3 Å². The normalized spacial score (nSPS) is 12.1. The van der Waals surface area contributed by atoms with Crippen LogP contribution < -0.4 is 5.32 Å². The van der Waals surface area contributed by atoms with Crippen LogP contribution in [-0.2, 0) is 12.7 Å². The summed E-state index contributed by atoms with van der Waals surface area (Å²) < 4.78 is 37.6. The van der Waals surface area contributed by atoms with E-state index in [9.17, 15) is 13.2 Å². The van der Waals surface area contributed by atoms with Crippen molar-refractivity contribution >= 4 is 11.3 Å². The molecule has 108 valence electrons. The lowest BCUT2D eigenvalue weighted by molar-refractivity contribution is -0.137. The Morgan fingerprint density at radius 3 is 2.65 bits per heavy atom. The van der Waals surface area contributed by atoms with Gasteiger partial charge in [0.1, 0.15) is 0 Å². The third kappa shape index (κ3) is 3.80. The Hall–Kier alpha value is -1.40. The summed E-state index contributed by atoms with van der Waals surface area (Å²) >= 11 is 0.669. The molecule has 0 amide bonds.